The SMILES string of the molecule is Cc1ccc(CSCCCNC(=O)CN(c2ccc(C)cc2)S(=O)(=O)c2ccc(F)cc2)cc1. The van der Waals surface area contributed by atoms with E-state index in [2.05, 4.69) is 36.5 Å². The quantitative estimate of drug-likeness (QED) is 0.373. The van der Waals surface area contributed by atoms with Crippen LogP contribution in [0.5, 0.6) is 0 Å². The standard InChI is InChI=1S/C26H29FN2O3S2/c1-20-4-8-22(9-5-20)19-33-17-3-16-28-26(30)18-29(24-12-6-21(2)7-13-24)34(31,32)25-14-10-23(27)11-15-25/h4-15H,3,16-19H2,1-2H3,(H,28,30). The average molecular weight is 501 g/mol. The van der Waals surface area contributed by atoms with Gasteiger partial charge in [-0.2, -0.15) is 11.8 Å². The summed E-state index contributed by atoms with van der Waals surface area (Å²) in [7, 11) is -4.05. The number of benzene rings is 3. The smallest absolute Gasteiger partial charge is 0.264 e. The molecular weight excluding hydrogens is 471 g/mol. The fraction of sp³-hybridized carbons (Fsp3) is 0.269. The largest absolute Gasteiger partial charge is 0.354 e. The van der Waals surface area contributed by atoms with E-state index in [1.54, 1.807) is 36.0 Å². The van der Waals surface area contributed by atoms with Gasteiger partial charge in [-0.05, 0) is 68.0 Å². The molecule has 0 spiro atoms. The van der Waals surface area contributed by atoms with Crippen LogP contribution in [0.2, 0.25) is 0 Å². The molecule has 0 atom stereocenters. The van der Waals surface area contributed by atoms with Gasteiger partial charge in [-0.3, -0.25) is 9.10 Å². The molecular formula is C26H29FN2O3S2. The highest BCUT2D eigenvalue weighted by Gasteiger charge is 2.27. The second-order valence-electron chi connectivity index (χ2n) is 8.04. The molecule has 34 heavy (non-hydrogen) atoms. The van der Waals surface area contributed by atoms with Crippen LogP contribution in [0.3, 0.4) is 0 Å². The van der Waals surface area contributed by atoms with E-state index >= 15 is 0 Å². The number of hydrogen-bond acceptors (Lipinski definition) is 4. The third-order valence-electron chi connectivity index (χ3n) is 5.19. The molecule has 0 unspecified atom stereocenters. The molecule has 180 valence electrons. The number of carbonyl (C=O) groups excluding carboxylic acids is 1. The van der Waals surface area contributed by atoms with Crippen LogP contribution in [-0.4, -0.2) is 33.2 Å². The number of sulfonamides is 1. The number of aryl methyl sites for hydroxylation is 2. The van der Waals surface area contributed by atoms with Crippen LogP contribution in [0.25, 0.3) is 0 Å². The summed E-state index contributed by atoms with van der Waals surface area (Å²) in [5.41, 5.74) is 3.84. The number of thioether (sulfide) groups is 1. The Morgan fingerprint density at radius 2 is 1.50 bits per heavy atom. The summed E-state index contributed by atoms with van der Waals surface area (Å²) in [5.74, 6) is 0.864. The molecule has 1 amide bonds. The fourth-order valence-corrected chi connectivity index (χ4v) is 5.56. The minimum Gasteiger partial charge on any atom is -0.354 e. The van der Waals surface area contributed by atoms with Gasteiger partial charge in [0.25, 0.3) is 10.0 Å². The molecule has 0 aliphatic carbocycles. The normalized spacial score (nSPS) is 11.3. The van der Waals surface area contributed by atoms with E-state index in [1.165, 1.54) is 23.3 Å². The molecule has 0 saturated heterocycles. The second kappa shape index (κ2) is 12.0. The molecule has 3 aromatic carbocycles. The molecule has 0 aromatic heterocycles. The summed E-state index contributed by atoms with van der Waals surface area (Å²) < 4.78 is 40.9. The van der Waals surface area contributed by atoms with E-state index in [0.29, 0.717) is 12.2 Å². The van der Waals surface area contributed by atoms with Crippen molar-refractivity contribution in [1.29, 1.82) is 0 Å². The van der Waals surface area contributed by atoms with Crippen LogP contribution in [-0.2, 0) is 20.6 Å². The predicted octanol–water partition coefficient (Wildman–Crippen LogP) is 5.08. The zero-order chi connectivity index (χ0) is 24.6. The van der Waals surface area contributed by atoms with Gasteiger partial charge in [-0.1, -0.05) is 47.5 Å². The highest BCUT2D eigenvalue weighted by molar-refractivity contribution is 7.98. The van der Waals surface area contributed by atoms with Crippen molar-refractivity contribution in [2.75, 3.05) is 23.1 Å². The first-order valence-electron chi connectivity index (χ1n) is 11.0. The number of halogens is 1. The molecule has 5 nitrogen and oxygen atoms in total. The Hall–Kier alpha value is -2.84. The number of anilines is 1. The Morgan fingerprint density at radius 1 is 0.912 bits per heavy atom. The van der Waals surface area contributed by atoms with Gasteiger partial charge in [0.1, 0.15) is 12.4 Å². The van der Waals surface area contributed by atoms with Crippen LogP contribution >= 0.6 is 11.8 Å². The Kier molecular flexibility index (Phi) is 9.12. The second-order valence-corrected chi connectivity index (χ2v) is 11.0. The maximum Gasteiger partial charge on any atom is 0.264 e. The van der Waals surface area contributed by atoms with Crippen LogP contribution in [0, 0.1) is 19.7 Å². The van der Waals surface area contributed by atoms with Crippen molar-refractivity contribution in [3.05, 3.63) is 95.3 Å². The minimum atomic E-state index is -4.05. The first kappa shape index (κ1) is 25.8. The van der Waals surface area contributed by atoms with Gasteiger partial charge in [0.05, 0.1) is 10.6 Å². The number of hydrogen-bond donors (Lipinski definition) is 1. The molecule has 3 aromatic rings. The van der Waals surface area contributed by atoms with E-state index in [1.807, 2.05) is 6.92 Å². The van der Waals surface area contributed by atoms with Crippen LogP contribution in [0.4, 0.5) is 10.1 Å². The average Bonchev–Trinajstić information content (AvgIpc) is 2.82. The predicted molar refractivity (Wildman–Crippen MR) is 137 cm³/mol. The molecule has 0 aliphatic rings. The van der Waals surface area contributed by atoms with E-state index in [9.17, 15) is 17.6 Å². The number of amides is 1. The Bertz CT molecular complexity index is 1180. The third kappa shape index (κ3) is 7.33. The summed E-state index contributed by atoms with van der Waals surface area (Å²) in [6.45, 7) is 4.05. The number of nitrogens with one attached hydrogen (secondary N) is 1. The monoisotopic (exact) mass is 500 g/mol. The first-order valence-corrected chi connectivity index (χ1v) is 13.6. The maximum absolute atomic E-state index is 13.3. The van der Waals surface area contributed by atoms with E-state index in [4.69, 9.17) is 0 Å². The maximum atomic E-state index is 13.3. The molecule has 0 bridgehead atoms. The van der Waals surface area contributed by atoms with Crippen molar-refractivity contribution in [2.45, 2.75) is 30.9 Å². The summed E-state index contributed by atoms with van der Waals surface area (Å²) in [6.07, 6.45) is 0.775. The number of carbonyl (C=O) groups is 1. The molecule has 1 N–H and O–H groups in total. The number of rotatable bonds is 11. The van der Waals surface area contributed by atoms with Crippen molar-refractivity contribution in [2.24, 2.45) is 0 Å². The molecule has 3 rings (SSSR count). The number of nitrogens with zero attached hydrogens (tertiary/aromatic N) is 1. The highest BCUT2D eigenvalue weighted by Crippen LogP contribution is 2.24. The zero-order valence-corrected chi connectivity index (χ0v) is 21.0. The van der Waals surface area contributed by atoms with E-state index < -0.39 is 21.7 Å². The van der Waals surface area contributed by atoms with Gasteiger partial charge >= 0.3 is 0 Å². The highest BCUT2D eigenvalue weighted by atomic mass is 32.2. The molecule has 0 fully saturated rings. The lowest BCUT2D eigenvalue weighted by molar-refractivity contribution is -0.119. The van der Waals surface area contributed by atoms with Crippen molar-refractivity contribution in [3.8, 4) is 0 Å². The van der Waals surface area contributed by atoms with Gasteiger partial charge in [0, 0.05) is 12.3 Å². The van der Waals surface area contributed by atoms with Crippen molar-refractivity contribution in [1.82, 2.24) is 5.32 Å². The van der Waals surface area contributed by atoms with E-state index in [0.717, 1.165) is 39.9 Å². The fourth-order valence-electron chi connectivity index (χ4n) is 3.22. The third-order valence-corrected chi connectivity index (χ3v) is 8.09. The minimum absolute atomic E-state index is 0.0743. The van der Waals surface area contributed by atoms with Crippen LogP contribution in [0.1, 0.15) is 23.1 Å². The Labute approximate surface area is 205 Å². The van der Waals surface area contributed by atoms with Crippen LogP contribution < -0.4 is 9.62 Å². The topological polar surface area (TPSA) is 66.5 Å². The van der Waals surface area contributed by atoms with Crippen molar-refractivity contribution >= 4 is 33.4 Å². The molecule has 0 heterocycles. The van der Waals surface area contributed by atoms with Gasteiger partial charge in [0.15, 0.2) is 0 Å². The van der Waals surface area contributed by atoms with Crippen molar-refractivity contribution in [3.63, 3.8) is 0 Å². The Morgan fingerprint density at radius 3 is 2.12 bits per heavy atom. The molecule has 8 heteroatoms. The lowest BCUT2D eigenvalue weighted by Crippen LogP contribution is -2.41. The van der Waals surface area contributed by atoms with Gasteiger partial charge in [-0.15, -0.1) is 0 Å². The summed E-state index contributed by atoms with van der Waals surface area (Å²) in [6, 6.07) is 19.9. The summed E-state index contributed by atoms with van der Waals surface area (Å²) in [4.78, 5) is 12.6. The summed E-state index contributed by atoms with van der Waals surface area (Å²) >= 11 is 1.79. The lowest BCUT2D eigenvalue weighted by atomic mass is 10.2. The molecule has 0 radical (unpaired) electrons. The van der Waals surface area contributed by atoms with Gasteiger partial charge in [0.2, 0.25) is 5.91 Å². The lowest BCUT2D eigenvalue weighted by Gasteiger charge is -2.24. The summed E-state index contributed by atoms with van der Waals surface area (Å²) in [5, 5.41) is 2.81. The molecule has 0 saturated carbocycles. The molecule has 0 aliphatic heterocycles. The van der Waals surface area contributed by atoms with Crippen LogP contribution in [0.15, 0.2) is 77.7 Å². The zero-order valence-electron chi connectivity index (χ0n) is 19.3. The van der Waals surface area contributed by atoms with E-state index in [-0.39, 0.29) is 11.4 Å². The van der Waals surface area contributed by atoms with Gasteiger partial charge in [-0.25, -0.2) is 12.8 Å². The van der Waals surface area contributed by atoms with Crippen molar-refractivity contribution < 1.29 is 17.6 Å². The first-order chi connectivity index (χ1) is 16.3. The van der Waals surface area contributed by atoms with Gasteiger partial charge < -0.3 is 5.32 Å². The Balaban J connectivity index is 1.57.